The molecule has 1 rings (SSSR count). The van der Waals surface area contributed by atoms with Crippen molar-refractivity contribution in [2.75, 3.05) is 0 Å². The Morgan fingerprint density at radius 1 is 1.33 bits per heavy atom. The van der Waals surface area contributed by atoms with E-state index >= 15 is 0 Å². The topological polar surface area (TPSA) is 66.4 Å². The SMILES string of the molecule is CC(C)[C@@H]1CC[C@@H](C)C[C@H]1OS(=O)(=O)[O-]. The zero-order valence-corrected chi connectivity index (χ0v) is 10.3. The highest BCUT2D eigenvalue weighted by molar-refractivity contribution is 7.80. The second-order valence-corrected chi connectivity index (χ2v) is 5.88. The second kappa shape index (κ2) is 4.80. The summed E-state index contributed by atoms with van der Waals surface area (Å²) in [6.45, 7) is 6.13. The van der Waals surface area contributed by atoms with Gasteiger partial charge in [0.2, 0.25) is 10.4 Å². The molecule has 0 N–H and O–H groups in total. The van der Waals surface area contributed by atoms with Crippen LogP contribution in [-0.4, -0.2) is 19.1 Å². The Balaban J connectivity index is 2.70. The molecular formula is C10H19O4S-. The Hall–Kier alpha value is -0.130. The van der Waals surface area contributed by atoms with E-state index in [1.807, 2.05) is 13.8 Å². The molecule has 15 heavy (non-hydrogen) atoms. The van der Waals surface area contributed by atoms with E-state index in [9.17, 15) is 13.0 Å². The third-order valence-electron chi connectivity index (χ3n) is 3.20. The molecule has 0 bridgehead atoms. The fourth-order valence-corrected chi connectivity index (χ4v) is 2.90. The van der Waals surface area contributed by atoms with Crippen LogP contribution in [0, 0.1) is 17.8 Å². The minimum Gasteiger partial charge on any atom is -0.726 e. The molecule has 0 radical (unpaired) electrons. The molecule has 5 heteroatoms. The molecule has 1 aliphatic rings. The van der Waals surface area contributed by atoms with Crippen molar-refractivity contribution in [1.29, 1.82) is 0 Å². The van der Waals surface area contributed by atoms with Gasteiger partial charge in [-0.15, -0.1) is 0 Å². The van der Waals surface area contributed by atoms with Gasteiger partial charge in [-0.2, -0.15) is 0 Å². The lowest BCUT2D eigenvalue weighted by molar-refractivity contribution is 0.0412. The Morgan fingerprint density at radius 3 is 2.40 bits per heavy atom. The average molecular weight is 235 g/mol. The Bertz CT molecular complexity index is 297. The molecule has 0 spiro atoms. The molecular weight excluding hydrogens is 216 g/mol. The van der Waals surface area contributed by atoms with E-state index in [-0.39, 0.29) is 5.92 Å². The fraction of sp³-hybridized carbons (Fsp3) is 1.00. The first-order valence-electron chi connectivity index (χ1n) is 5.43. The van der Waals surface area contributed by atoms with Crippen molar-refractivity contribution in [1.82, 2.24) is 0 Å². The van der Waals surface area contributed by atoms with Gasteiger partial charge < -0.3 is 4.55 Å². The lowest BCUT2D eigenvalue weighted by Gasteiger charge is -2.37. The monoisotopic (exact) mass is 235 g/mol. The van der Waals surface area contributed by atoms with Gasteiger partial charge in [0.25, 0.3) is 0 Å². The molecule has 0 aromatic rings. The van der Waals surface area contributed by atoms with E-state index < -0.39 is 16.5 Å². The summed E-state index contributed by atoms with van der Waals surface area (Å²) in [6.07, 6.45) is 2.28. The molecule has 0 aliphatic heterocycles. The lowest BCUT2D eigenvalue weighted by atomic mass is 9.75. The Labute approximate surface area is 92.0 Å². The van der Waals surface area contributed by atoms with E-state index in [2.05, 4.69) is 11.1 Å². The Morgan fingerprint density at radius 2 is 1.93 bits per heavy atom. The first-order valence-corrected chi connectivity index (χ1v) is 6.77. The van der Waals surface area contributed by atoms with Gasteiger partial charge in [0.15, 0.2) is 0 Å². The highest BCUT2D eigenvalue weighted by Crippen LogP contribution is 2.35. The Kier molecular flexibility index (Phi) is 4.14. The van der Waals surface area contributed by atoms with Crippen LogP contribution in [0.25, 0.3) is 0 Å². The molecule has 4 nitrogen and oxygen atoms in total. The summed E-state index contributed by atoms with van der Waals surface area (Å²) in [6, 6.07) is 0. The average Bonchev–Trinajstić information content (AvgIpc) is 1.99. The third kappa shape index (κ3) is 4.09. The van der Waals surface area contributed by atoms with Gasteiger partial charge in [-0.3, -0.25) is 4.18 Å². The zero-order chi connectivity index (χ0) is 11.6. The molecule has 1 aliphatic carbocycles. The third-order valence-corrected chi connectivity index (χ3v) is 3.69. The smallest absolute Gasteiger partial charge is 0.217 e. The van der Waals surface area contributed by atoms with Gasteiger partial charge in [-0.1, -0.05) is 27.2 Å². The molecule has 0 aromatic heterocycles. The minimum atomic E-state index is -4.56. The van der Waals surface area contributed by atoms with E-state index in [0.29, 0.717) is 18.3 Å². The van der Waals surface area contributed by atoms with Crippen molar-refractivity contribution >= 4 is 10.4 Å². The first-order chi connectivity index (χ1) is 6.79. The summed E-state index contributed by atoms with van der Waals surface area (Å²) in [7, 11) is -4.56. The molecule has 3 atom stereocenters. The van der Waals surface area contributed by atoms with Crippen LogP contribution in [0.15, 0.2) is 0 Å². The van der Waals surface area contributed by atoms with Gasteiger partial charge >= 0.3 is 0 Å². The summed E-state index contributed by atoms with van der Waals surface area (Å²) in [5.74, 6) is 0.973. The quantitative estimate of drug-likeness (QED) is 0.553. The second-order valence-electron chi connectivity index (χ2n) is 4.87. The maximum absolute atomic E-state index is 10.6. The molecule has 0 unspecified atom stereocenters. The van der Waals surface area contributed by atoms with E-state index in [1.54, 1.807) is 0 Å². The maximum Gasteiger partial charge on any atom is 0.217 e. The summed E-state index contributed by atoms with van der Waals surface area (Å²) in [4.78, 5) is 0. The lowest BCUT2D eigenvalue weighted by Crippen LogP contribution is -2.35. The number of hydrogen-bond acceptors (Lipinski definition) is 4. The van der Waals surface area contributed by atoms with Crippen LogP contribution in [0.4, 0.5) is 0 Å². The number of hydrogen-bond donors (Lipinski definition) is 0. The first kappa shape index (κ1) is 12.9. The predicted molar refractivity (Wildman–Crippen MR) is 55.9 cm³/mol. The number of rotatable bonds is 3. The summed E-state index contributed by atoms with van der Waals surface area (Å²) in [5, 5.41) is 0. The molecule has 0 heterocycles. The molecule has 0 saturated heterocycles. The van der Waals surface area contributed by atoms with Crippen LogP contribution in [0.5, 0.6) is 0 Å². The van der Waals surface area contributed by atoms with Gasteiger partial charge in [-0.05, 0) is 30.6 Å². The molecule has 0 amide bonds. The van der Waals surface area contributed by atoms with Crippen molar-refractivity contribution in [3.8, 4) is 0 Å². The molecule has 90 valence electrons. The molecule has 1 saturated carbocycles. The summed E-state index contributed by atoms with van der Waals surface area (Å²) < 4.78 is 36.4. The molecule has 0 aromatic carbocycles. The van der Waals surface area contributed by atoms with Gasteiger partial charge in [-0.25, -0.2) is 8.42 Å². The van der Waals surface area contributed by atoms with Crippen molar-refractivity contribution < 1.29 is 17.2 Å². The summed E-state index contributed by atoms with van der Waals surface area (Å²) >= 11 is 0. The van der Waals surface area contributed by atoms with Crippen molar-refractivity contribution in [2.24, 2.45) is 17.8 Å². The summed E-state index contributed by atoms with van der Waals surface area (Å²) in [5.41, 5.74) is 0. The van der Waals surface area contributed by atoms with E-state index in [4.69, 9.17) is 0 Å². The van der Waals surface area contributed by atoms with Crippen LogP contribution < -0.4 is 0 Å². The van der Waals surface area contributed by atoms with Crippen LogP contribution in [0.3, 0.4) is 0 Å². The fourth-order valence-electron chi connectivity index (χ4n) is 2.38. The van der Waals surface area contributed by atoms with Crippen molar-refractivity contribution in [3.05, 3.63) is 0 Å². The van der Waals surface area contributed by atoms with Crippen LogP contribution in [0.2, 0.25) is 0 Å². The van der Waals surface area contributed by atoms with Gasteiger partial charge in [0, 0.05) is 0 Å². The zero-order valence-electron chi connectivity index (χ0n) is 9.47. The highest BCUT2D eigenvalue weighted by atomic mass is 32.3. The molecule has 1 fully saturated rings. The highest BCUT2D eigenvalue weighted by Gasteiger charge is 2.32. The van der Waals surface area contributed by atoms with Gasteiger partial charge in [0.1, 0.15) is 0 Å². The predicted octanol–water partition coefficient (Wildman–Crippen LogP) is 1.92. The van der Waals surface area contributed by atoms with Gasteiger partial charge in [0.05, 0.1) is 6.10 Å². The van der Waals surface area contributed by atoms with E-state index in [1.165, 1.54) is 0 Å². The maximum atomic E-state index is 10.6. The van der Waals surface area contributed by atoms with Crippen molar-refractivity contribution in [3.63, 3.8) is 0 Å². The standard InChI is InChI=1S/C10H20O4S/c1-7(2)9-5-4-8(3)6-10(9)14-15(11,12)13/h7-10H,4-6H2,1-3H3,(H,11,12,13)/p-1/t8-,9+,10-/m1/s1. The van der Waals surface area contributed by atoms with Crippen LogP contribution >= 0.6 is 0 Å². The van der Waals surface area contributed by atoms with Crippen molar-refractivity contribution in [2.45, 2.75) is 46.1 Å². The largest absolute Gasteiger partial charge is 0.726 e. The van der Waals surface area contributed by atoms with Crippen LogP contribution in [0.1, 0.15) is 40.0 Å². The van der Waals surface area contributed by atoms with E-state index in [0.717, 1.165) is 12.8 Å². The minimum absolute atomic E-state index is 0.185. The van der Waals surface area contributed by atoms with Crippen LogP contribution in [-0.2, 0) is 14.6 Å². The normalized spacial score (nSPS) is 33.3.